The third-order valence-corrected chi connectivity index (χ3v) is 2.33. The van der Waals surface area contributed by atoms with Crippen LogP contribution in [0.3, 0.4) is 0 Å². The summed E-state index contributed by atoms with van der Waals surface area (Å²) in [4.78, 5) is 20.0. The zero-order valence-corrected chi connectivity index (χ0v) is 7.27. The van der Waals surface area contributed by atoms with Gasteiger partial charge in [-0.25, -0.2) is 0 Å². The Morgan fingerprint density at radius 3 is 2.29 bits per heavy atom. The highest BCUT2D eigenvalue weighted by Crippen LogP contribution is 2.32. The highest BCUT2D eigenvalue weighted by Gasteiger charge is 2.27. The highest BCUT2D eigenvalue weighted by atomic mass is 16.1. The summed E-state index contributed by atoms with van der Waals surface area (Å²) in [7, 11) is 0. The minimum atomic E-state index is -0.0244. The Bertz CT molecular complexity index is 487. The molecular weight excluding hydrogens is 176 g/mol. The van der Waals surface area contributed by atoms with Crippen molar-refractivity contribution in [3.63, 3.8) is 0 Å². The summed E-state index contributed by atoms with van der Waals surface area (Å²) >= 11 is 0. The van der Waals surface area contributed by atoms with E-state index in [0.29, 0.717) is 11.3 Å². The molecule has 3 rings (SSSR count). The predicted molar refractivity (Wildman–Crippen MR) is 50.9 cm³/mol. The van der Waals surface area contributed by atoms with Gasteiger partial charge in [-0.3, -0.25) is 14.8 Å². The third kappa shape index (κ3) is 0.785. The van der Waals surface area contributed by atoms with Gasteiger partial charge in [0.2, 0.25) is 5.78 Å². The molecule has 14 heavy (non-hydrogen) atoms. The summed E-state index contributed by atoms with van der Waals surface area (Å²) in [6.07, 6.45) is 3.32. The second kappa shape index (κ2) is 2.48. The molecule has 0 spiro atoms. The lowest BCUT2D eigenvalue weighted by atomic mass is 10.2. The largest absolute Gasteiger partial charge is 0.287 e. The number of aromatic nitrogens is 2. The van der Waals surface area contributed by atoms with E-state index >= 15 is 0 Å². The van der Waals surface area contributed by atoms with Gasteiger partial charge in [-0.15, -0.1) is 0 Å². The van der Waals surface area contributed by atoms with Crippen molar-refractivity contribution < 1.29 is 4.79 Å². The Balaban J connectivity index is 2.42. The summed E-state index contributed by atoms with van der Waals surface area (Å²) in [5.41, 5.74) is 2.76. The standard InChI is InChI=1S/C11H6N2O/c14-11-8-4-2-5-12-9(8)7-3-1-6-13-10(7)11/h1-6H. The summed E-state index contributed by atoms with van der Waals surface area (Å²) in [6, 6.07) is 7.24. The highest BCUT2D eigenvalue weighted by molar-refractivity contribution is 6.19. The fourth-order valence-corrected chi connectivity index (χ4v) is 1.71. The van der Waals surface area contributed by atoms with Crippen LogP contribution < -0.4 is 0 Å². The molecule has 0 radical (unpaired) electrons. The monoisotopic (exact) mass is 182 g/mol. The fraction of sp³-hybridized carbons (Fsp3) is 0. The van der Waals surface area contributed by atoms with Gasteiger partial charge in [0.25, 0.3) is 0 Å². The molecule has 0 aromatic carbocycles. The Hall–Kier alpha value is -2.03. The maximum Gasteiger partial charge on any atom is 0.214 e. The minimum Gasteiger partial charge on any atom is -0.287 e. The molecule has 0 N–H and O–H groups in total. The van der Waals surface area contributed by atoms with Crippen molar-refractivity contribution in [3.05, 3.63) is 47.9 Å². The van der Waals surface area contributed by atoms with E-state index in [4.69, 9.17) is 0 Å². The van der Waals surface area contributed by atoms with E-state index in [1.54, 1.807) is 24.5 Å². The SMILES string of the molecule is O=C1c2cccnc2-c2cccnc21. The summed E-state index contributed by atoms with van der Waals surface area (Å²) in [5.74, 6) is -0.0244. The lowest BCUT2D eigenvalue weighted by Gasteiger charge is -1.94. The molecule has 0 fully saturated rings. The van der Waals surface area contributed by atoms with Gasteiger partial charge in [-0.05, 0) is 24.3 Å². The fourth-order valence-electron chi connectivity index (χ4n) is 1.71. The lowest BCUT2D eigenvalue weighted by Crippen LogP contribution is -1.97. The van der Waals surface area contributed by atoms with Crippen LogP contribution in [0.25, 0.3) is 11.3 Å². The van der Waals surface area contributed by atoms with E-state index in [0.717, 1.165) is 11.3 Å². The Morgan fingerprint density at radius 1 is 0.857 bits per heavy atom. The molecule has 3 nitrogen and oxygen atoms in total. The summed E-state index contributed by atoms with van der Waals surface area (Å²) in [6.45, 7) is 0. The van der Waals surface area contributed by atoms with Crippen LogP contribution in [0.5, 0.6) is 0 Å². The molecule has 2 aromatic heterocycles. The van der Waals surface area contributed by atoms with Crippen LogP contribution in [0.15, 0.2) is 36.7 Å². The first-order chi connectivity index (χ1) is 6.88. The zero-order valence-electron chi connectivity index (χ0n) is 7.27. The van der Waals surface area contributed by atoms with Gasteiger partial charge in [0, 0.05) is 18.0 Å². The van der Waals surface area contributed by atoms with E-state index < -0.39 is 0 Å². The number of carbonyl (C=O) groups excluding carboxylic acids is 1. The van der Waals surface area contributed by atoms with Crippen molar-refractivity contribution in [2.45, 2.75) is 0 Å². The van der Waals surface area contributed by atoms with Crippen molar-refractivity contribution >= 4 is 5.78 Å². The Morgan fingerprint density at radius 2 is 1.50 bits per heavy atom. The maximum atomic E-state index is 11.8. The van der Waals surface area contributed by atoms with Crippen molar-refractivity contribution in [1.82, 2.24) is 9.97 Å². The first-order valence-corrected chi connectivity index (χ1v) is 4.33. The topological polar surface area (TPSA) is 42.9 Å². The molecule has 0 amide bonds. The zero-order chi connectivity index (χ0) is 9.54. The Kier molecular flexibility index (Phi) is 1.31. The van der Waals surface area contributed by atoms with Crippen molar-refractivity contribution in [2.75, 3.05) is 0 Å². The van der Waals surface area contributed by atoms with Crippen LogP contribution in [-0.2, 0) is 0 Å². The van der Waals surface area contributed by atoms with Crippen molar-refractivity contribution in [1.29, 1.82) is 0 Å². The van der Waals surface area contributed by atoms with Gasteiger partial charge in [0.15, 0.2) is 0 Å². The molecule has 0 atom stereocenters. The predicted octanol–water partition coefficient (Wildman–Crippen LogP) is 1.69. The molecule has 2 aromatic rings. The van der Waals surface area contributed by atoms with Crippen LogP contribution in [0.4, 0.5) is 0 Å². The van der Waals surface area contributed by atoms with E-state index in [9.17, 15) is 4.79 Å². The van der Waals surface area contributed by atoms with Gasteiger partial charge >= 0.3 is 0 Å². The van der Waals surface area contributed by atoms with Gasteiger partial charge in [0.05, 0.1) is 11.3 Å². The molecule has 1 aliphatic rings. The number of nitrogens with zero attached hydrogens (tertiary/aromatic N) is 2. The first-order valence-electron chi connectivity index (χ1n) is 4.33. The molecule has 0 aliphatic heterocycles. The summed E-state index contributed by atoms with van der Waals surface area (Å²) in [5, 5.41) is 0. The number of rotatable bonds is 0. The average molecular weight is 182 g/mol. The minimum absolute atomic E-state index is 0.0244. The van der Waals surface area contributed by atoms with Gasteiger partial charge in [0.1, 0.15) is 5.69 Å². The smallest absolute Gasteiger partial charge is 0.214 e. The molecule has 0 saturated heterocycles. The molecule has 2 heterocycles. The van der Waals surface area contributed by atoms with E-state index in [2.05, 4.69) is 9.97 Å². The number of fused-ring (bicyclic) bond motifs is 3. The Labute approximate surface area is 80.4 Å². The molecule has 3 heteroatoms. The van der Waals surface area contributed by atoms with Crippen LogP contribution in [-0.4, -0.2) is 15.8 Å². The van der Waals surface area contributed by atoms with Crippen LogP contribution in [0.2, 0.25) is 0 Å². The normalized spacial score (nSPS) is 12.4. The number of pyridine rings is 2. The van der Waals surface area contributed by atoms with Crippen molar-refractivity contribution in [3.8, 4) is 11.3 Å². The summed E-state index contributed by atoms with van der Waals surface area (Å²) < 4.78 is 0. The van der Waals surface area contributed by atoms with E-state index in [1.807, 2.05) is 12.1 Å². The van der Waals surface area contributed by atoms with Gasteiger partial charge in [-0.1, -0.05) is 0 Å². The van der Waals surface area contributed by atoms with Crippen LogP contribution >= 0.6 is 0 Å². The lowest BCUT2D eigenvalue weighted by molar-refractivity contribution is 0.103. The molecule has 0 bridgehead atoms. The molecular formula is C11H6N2O. The number of hydrogen-bond acceptors (Lipinski definition) is 3. The van der Waals surface area contributed by atoms with E-state index in [-0.39, 0.29) is 5.78 Å². The van der Waals surface area contributed by atoms with Crippen LogP contribution in [0.1, 0.15) is 16.1 Å². The number of hydrogen-bond donors (Lipinski definition) is 0. The maximum absolute atomic E-state index is 11.8. The number of ketones is 1. The molecule has 0 unspecified atom stereocenters. The second-order valence-corrected chi connectivity index (χ2v) is 3.13. The van der Waals surface area contributed by atoms with Gasteiger partial charge < -0.3 is 0 Å². The quantitative estimate of drug-likeness (QED) is 0.531. The third-order valence-electron chi connectivity index (χ3n) is 2.33. The van der Waals surface area contributed by atoms with Crippen LogP contribution in [0, 0.1) is 0 Å². The second-order valence-electron chi connectivity index (χ2n) is 3.13. The molecule has 0 saturated carbocycles. The van der Waals surface area contributed by atoms with Gasteiger partial charge in [-0.2, -0.15) is 0 Å². The average Bonchev–Trinajstić information content (AvgIpc) is 2.55. The molecule has 66 valence electrons. The first kappa shape index (κ1) is 7.38. The van der Waals surface area contributed by atoms with Crippen molar-refractivity contribution in [2.24, 2.45) is 0 Å². The molecule has 1 aliphatic carbocycles. The number of carbonyl (C=O) groups is 1. The van der Waals surface area contributed by atoms with E-state index in [1.165, 1.54) is 0 Å².